The van der Waals surface area contributed by atoms with Gasteiger partial charge in [0.1, 0.15) is 5.82 Å². The van der Waals surface area contributed by atoms with Crippen molar-refractivity contribution in [2.24, 2.45) is 5.92 Å². The Morgan fingerprint density at radius 1 is 1.00 bits per heavy atom. The van der Waals surface area contributed by atoms with Crippen LogP contribution in [0.2, 0.25) is 0 Å². The molecule has 0 heterocycles. The number of hydrogen-bond donors (Lipinski definition) is 2. The van der Waals surface area contributed by atoms with Crippen LogP contribution in [-0.4, -0.2) is 20.2 Å². The van der Waals surface area contributed by atoms with E-state index in [9.17, 15) is 35.6 Å². The van der Waals surface area contributed by atoms with Crippen LogP contribution in [0, 0.1) is 11.7 Å². The number of carbonyl (C=O) groups is 2. The van der Waals surface area contributed by atoms with Crippen molar-refractivity contribution in [1.29, 1.82) is 0 Å². The lowest BCUT2D eigenvalue weighted by atomic mass is 10.1. The molecule has 0 radical (unpaired) electrons. The second-order valence-corrected chi connectivity index (χ2v) is 7.94. The van der Waals surface area contributed by atoms with Gasteiger partial charge in [-0.2, -0.15) is 13.2 Å². The SMILES string of the molecule is CC(C)C(=O)Nc1ccc(C(=O)NS(=O)(=O)c2ccc(F)cc2C(F)(F)F)cc1. The van der Waals surface area contributed by atoms with Crippen molar-refractivity contribution >= 4 is 27.5 Å². The zero-order chi connectivity index (χ0) is 22.0. The third kappa shape index (κ3) is 5.53. The second-order valence-electron chi connectivity index (χ2n) is 6.29. The molecule has 0 saturated carbocycles. The Hall–Kier alpha value is -2.95. The minimum atomic E-state index is -5.15. The number of nitrogens with one attached hydrogen (secondary N) is 2. The van der Waals surface area contributed by atoms with Crippen LogP contribution < -0.4 is 10.0 Å². The van der Waals surface area contributed by atoms with E-state index in [1.165, 1.54) is 29.0 Å². The Bertz CT molecular complexity index is 1030. The van der Waals surface area contributed by atoms with Crippen LogP contribution >= 0.6 is 0 Å². The smallest absolute Gasteiger partial charge is 0.326 e. The van der Waals surface area contributed by atoms with Gasteiger partial charge in [-0.15, -0.1) is 0 Å². The van der Waals surface area contributed by atoms with Gasteiger partial charge in [0, 0.05) is 17.2 Å². The summed E-state index contributed by atoms with van der Waals surface area (Å²) in [5, 5.41) is 2.56. The molecule has 2 rings (SSSR count). The normalized spacial score (nSPS) is 12.0. The van der Waals surface area contributed by atoms with Gasteiger partial charge in [-0.05, 0) is 42.5 Å². The highest BCUT2D eigenvalue weighted by Gasteiger charge is 2.38. The Morgan fingerprint density at radius 2 is 1.59 bits per heavy atom. The van der Waals surface area contributed by atoms with Crippen molar-refractivity contribution < 1.29 is 35.6 Å². The van der Waals surface area contributed by atoms with Gasteiger partial charge in [0.25, 0.3) is 15.9 Å². The van der Waals surface area contributed by atoms with Gasteiger partial charge < -0.3 is 5.32 Å². The average molecular weight is 432 g/mol. The maximum absolute atomic E-state index is 13.2. The molecule has 0 aliphatic rings. The summed E-state index contributed by atoms with van der Waals surface area (Å²) in [5.74, 6) is -3.03. The van der Waals surface area contributed by atoms with Gasteiger partial charge in [-0.25, -0.2) is 17.5 Å². The molecule has 0 spiro atoms. The predicted molar refractivity (Wildman–Crippen MR) is 96.0 cm³/mol. The first-order valence-corrected chi connectivity index (χ1v) is 9.64. The lowest BCUT2D eigenvalue weighted by Gasteiger charge is -2.14. The van der Waals surface area contributed by atoms with E-state index in [1.807, 2.05) is 0 Å². The van der Waals surface area contributed by atoms with Crippen molar-refractivity contribution in [2.75, 3.05) is 5.32 Å². The standard InChI is InChI=1S/C18H16F4N2O4S/c1-10(2)16(25)23-13-6-3-11(4-7-13)17(26)24-29(27,28)15-8-5-12(19)9-14(15)18(20,21)22/h3-10H,1-2H3,(H,23,25)(H,24,26). The molecule has 2 amide bonds. The van der Waals surface area contributed by atoms with E-state index >= 15 is 0 Å². The van der Waals surface area contributed by atoms with E-state index in [2.05, 4.69) is 5.32 Å². The first-order valence-electron chi connectivity index (χ1n) is 8.16. The van der Waals surface area contributed by atoms with Crippen molar-refractivity contribution in [3.05, 3.63) is 59.4 Å². The summed E-state index contributed by atoms with van der Waals surface area (Å²) in [6.45, 7) is 3.35. The lowest BCUT2D eigenvalue weighted by Crippen LogP contribution is -2.32. The van der Waals surface area contributed by atoms with E-state index in [-0.39, 0.29) is 23.5 Å². The number of sulfonamides is 1. The van der Waals surface area contributed by atoms with Crippen molar-refractivity contribution in [3.63, 3.8) is 0 Å². The van der Waals surface area contributed by atoms with Crippen LogP contribution in [0.3, 0.4) is 0 Å². The molecule has 29 heavy (non-hydrogen) atoms. The van der Waals surface area contributed by atoms with Crippen LogP contribution in [0.5, 0.6) is 0 Å². The van der Waals surface area contributed by atoms with Gasteiger partial charge in [0.15, 0.2) is 0 Å². The molecule has 2 aromatic rings. The Kier molecular flexibility index (Phi) is 6.31. The van der Waals surface area contributed by atoms with E-state index in [1.54, 1.807) is 13.8 Å². The average Bonchev–Trinajstić information content (AvgIpc) is 2.60. The first kappa shape index (κ1) is 22.3. The highest BCUT2D eigenvalue weighted by molar-refractivity contribution is 7.90. The summed E-state index contributed by atoms with van der Waals surface area (Å²) < 4.78 is 78.4. The molecule has 0 unspecified atom stereocenters. The molecule has 2 N–H and O–H groups in total. The van der Waals surface area contributed by atoms with Gasteiger partial charge in [0.2, 0.25) is 5.91 Å². The van der Waals surface area contributed by atoms with E-state index in [4.69, 9.17) is 0 Å². The Balaban J connectivity index is 2.26. The molecule has 0 aromatic heterocycles. The maximum atomic E-state index is 13.2. The highest BCUT2D eigenvalue weighted by Crippen LogP contribution is 2.34. The van der Waals surface area contributed by atoms with Crippen molar-refractivity contribution in [3.8, 4) is 0 Å². The number of anilines is 1. The number of amides is 2. The van der Waals surface area contributed by atoms with Gasteiger partial charge in [0.05, 0.1) is 10.5 Å². The molecule has 0 saturated heterocycles. The van der Waals surface area contributed by atoms with E-state index < -0.39 is 38.4 Å². The lowest BCUT2D eigenvalue weighted by molar-refractivity contribution is -0.140. The zero-order valence-electron chi connectivity index (χ0n) is 15.2. The fraction of sp³-hybridized carbons (Fsp3) is 0.222. The molecule has 6 nitrogen and oxygen atoms in total. The first-order chi connectivity index (χ1) is 13.3. The Labute approximate surface area is 164 Å². The fourth-order valence-corrected chi connectivity index (χ4v) is 3.37. The number of halogens is 4. The molecular formula is C18H16F4N2O4S. The largest absolute Gasteiger partial charge is 0.417 e. The Morgan fingerprint density at radius 3 is 2.10 bits per heavy atom. The van der Waals surface area contributed by atoms with Crippen LogP contribution in [0.25, 0.3) is 0 Å². The van der Waals surface area contributed by atoms with Crippen LogP contribution in [0.4, 0.5) is 23.2 Å². The fourth-order valence-electron chi connectivity index (χ4n) is 2.19. The van der Waals surface area contributed by atoms with Crippen LogP contribution in [-0.2, 0) is 21.0 Å². The molecule has 0 aliphatic heterocycles. The minimum Gasteiger partial charge on any atom is -0.326 e. The predicted octanol–water partition coefficient (Wildman–Crippen LogP) is 3.56. The van der Waals surface area contributed by atoms with Gasteiger partial charge in [-0.3, -0.25) is 9.59 Å². The molecule has 0 aliphatic carbocycles. The molecular weight excluding hydrogens is 416 g/mol. The summed E-state index contributed by atoms with van der Waals surface area (Å²) in [4.78, 5) is 22.5. The summed E-state index contributed by atoms with van der Waals surface area (Å²) >= 11 is 0. The van der Waals surface area contributed by atoms with Crippen molar-refractivity contribution in [1.82, 2.24) is 4.72 Å². The monoisotopic (exact) mass is 432 g/mol. The van der Waals surface area contributed by atoms with Crippen molar-refractivity contribution in [2.45, 2.75) is 24.9 Å². The number of hydrogen-bond acceptors (Lipinski definition) is 4. The third-order valence-corrected chi connectivity index (χ3v) is 5.09. The maximum Gasteiger partial charge on any atom is 0.417 e. The summed E-state index contributed by atoms with van der Waals surface area (Å²) in [5.41, 5.74) is -1.56. The number of alkyl halides is 3. The minimum absolute atomic E-state index is 0.0330. The molecule has 0 bridgehead atoms. The molecule has 0 atom stereocenters. The molecule has 156 valence electrons. The third-order valence-electron chi connectivity index (χ3n) is 3.70. The number of rotatable bonds is 5. The molecule has 0 fully saturated rings. The van der Waals surface area contributed by atoms with Crippen LogP contribution in [0.15, 0.2) is 47.4 Å². The van der Waals surface area contributed by atoms with Crippen LogP contribution in [0.1, 0.15) is 29.8 Å². The topological polar surface area (TPSA) is 92.3 Å². The van der Waals surface area contributed by atoms with E-state index in [0.29, 0.717) is 17.8 Å². The summed E-state index contributed by atoms with van der Waals surface area (Å²) in [6, 6.07) is 6.05. The zero-order valence-corrected chi connectivity index (χ0v) is 16.0. The summed E-state index contributed by atoms with van der Waals surface area (Å²) in [7, 11) is -4.93. The quantitative estimate of drug-likeness (QED) is 0.707. The highest BCUT2D eigenvalue weighted by atomic mass is 32.2. The number of carbonyl (C=O) groups excluding carboxylic acids is 2. The summed E-state index contributed by atoms with van der Waals surface area (Å²) in [6.07, 6.45) is -5.15. The molecule has 11 heteroatoms. The molecule has 2 aromatic carbocycles. The van der Waals surface area contributed by atoms with Gasteiger partial charge >= 0.3 is 6.18 Å². The van der Waals surface area contributed by atoms with Gasteiger partial charge in [-0.1, -0.05) is 13.8 Å². The second kappa shape index (κ2) is 8.19. The van der Waals surface area contributed by atoms with E-state index in [0.717, 1.165) is 0 Å². The number of benzene rings is 2.